The molecule has 0 spiro atoms. The van der Waals surface area contributed by atoms with Gasteiger partial charge in [0.05, 0.1) is 0 Å². The average Bonchev–Trinajstić information content (AvgIpc) is 2.15. The van der Waals surface area contributed by atoms with Crippen LogP contribution in [0, 0.1) is 17.3 Å². The molecule has 1 fully saturated rings. The van der Waals surface area contributed by atoms with Crippen LogP contribution in [0.15, 0.2) is 0 Å². The summed E-state index contributed by atoms with van der Waals surface area (Å²) in [6, 6.07) is 0. The maximum Gasteiger partial charge on any atom is 0.306 e. The van der Waals surface area contributed by atoms with E-state index in [2.05, 4.69) is 20.8 Å². The molecule has 1 rings (SSSR count). The molecule has 0 aromatic rings. The van der Waals surface area contributed by atoms with Gasteiger partial charge in [-0.3, -0.25) is 4.79 Å². The second kappa shape index (κ2) is 6.28. The third kappa shape index (κ3) is 7.59. The zero-order chi connectivity index (χ0) is 14.7. The summed E-state index contributed by atoms with van der Waals surface area (Å²) in [5, 5.41) is 0. The molecule has 1 aliphatic carbocycles. The second-order valence-corrected chi connectivity index (χ2v) is 8.44. The van der Waals surface area contributed by atoms with Crippen LogP contribution >= 0.6 is 0 Å². The van der Waals surface area contributed by atoms with E-state index in [-0.39, 0.29) is 11.6 Å². The lowest BCUT2D eigenvalue weighted by Crippen LogP contribution is -2.27. The molecule has 2 heteroatoms. The fourth-order valence-corrected chi connectivity index (χ4v) is 3.12. The highest BCUT2D eigenvalue weighted by Gasteiger charge is 2.27. The van der Waals surface area contributed by atoms with Gasteiger partial charge in [0.1, 0.15) is 5.60 Å². The van der Waals surface area contributed by atoms with Crippen molar-refractivity contribution in [3.8, 4) is 0 Å². The molecule has 0 radical (unpaired) electrons. The molecule has 0 unspecified atom stereocenters. The van der Waals surface area contributed by atoms with E-state index in [0.29, 0.717) is 17.8 Å². The van der Waals surface area contributed by atoms with Crippen molar-refractivity contribution >= 4 is 5.97 Å². The van der Waals surface area contributed by atoms with Crippen LogP contribution < -0.4 is 0 Å². The van der Waals surface area contributed by atoms with E-state index in [0.717, 1.165) is 5.92 Å². The number of esters is 1. The molecule has 2 nitrogen and oxygen atoms in total. The number of carbonyl (C=O) groups is 1. The minimum Gasteiger partial charge on any atom is -0.460 e. The summed E-state index contributed by atoms with van der Waals surface area (Å²) in [5.74, 6) is 1.38. The topological polar surface area (TPSA) is 26.3 Å². The smallest absolute Gasteiger partial charge is 0.306 e. The molecule has 1 aliphatic rings. The molecule has 0 heterocycles. The first-order valence-corrected chi connectivity index (χ1v) is 7.77. The SMILES string of the molecule is CC(C)(C)CC1CCC(CC(=O)OC(C)(C)C)CC1. The minimum atomic E-state index is -0.347. The van der Waals surface area contributed by atoms with Gasteiger partial charge in [0, 0.05) is 6.42 Å². The average molecular weight is 268 g/mol. The molecular weight excluding hydrogens is 236 g/mol. The van der Waals surface area contributed by atoms with E-state index in [1.165, 1.54) is 32.1 Å². The summed E-state index contributed by atoms with van der Waals surface area (Å²) < 4.78 is 5.41. The standard InChI is InChI=1S/C17H32O2/c1-16(2,3)12-14-9-7-13(8-10-14)11-15(18)19-17(4,5)6/h13-14H,7-12H2,1-6H3. The maximum atomic E-state index is 11.8. The molecule has 19 heavy (non-hydrogen) atoms. The van der Waals surface area contributed by atoms with Gasteiger partial charge in [0.25, 0.3) is 0 Å². The van der Waals surface area contributed by atoms with Crippen LogP contribution in [0.2, 0.25) is 0 Å². The third-order valence-corrected chi connectivity index (χ3v) is 3.74. The fraction of sp³-hybridized carbons (Fsp3) is 0.941. The van der Waals surface area contributed by atoms with Gasteiger partial charge >= 0.3 is 5.97 Å². The normalized spacial score (nSPS) is 25.2. The molecule has 0 atom stereocenters. The summed E-state index contributed by atoms with van der Waals surface area (Å²) in [5.41, 5.74) is 0.0865. The Balaban J connectivity index is 2.29. The van der Waals surface area contributed by atoms with Crippen LogP contribution in [0.4, 0.5) is 0 Å². The van der Waals surface area contributed by atoms with Gasteiger partial charge in [-0.05, 0) is 57.3 Å². The number of rotatable bonds is 3. The lowest BCUT2D eigenvalue weighted by molar-refractivity contribution is -0.156. The van der Waals surface area contributed by atoms with E-state index in [1.54, 1.807) is 0 Å². The highest BCUT2D eigenvalue weighted by molar-refractivity contribution is 5.70. The first-order valence-electron chi connectivity index (χ1n) is 7.77. The summed E-state index contributed by atoms with van der Waals surface area (Å²) in [7, 11) is 0. The molecule has 0 aromatic heterocycles. The molecule has 0 amide bonds. The van der Waals surface area contributed by atoms with Crippen LogP contribution in [0.25, 0.3) is 0 Å². The summed E-state index contributed by atoms with van der Waals surface area (Å²) in [6.07, 6.45) is 6.88. The Bertz CT molecular complexity index is 285. The minimum absolute atomic E-state index is 0.0215. The molecule has 112 valence electrons. The molecule has 0 saturated heterocycles. The van der Waals surface area contributed by atoms with E-state index in [4.69, 9.17) is 4.74 Å². The van der Waals surface area contributed by atoms with Crippen LogP contribution in [0.1, 0.15) is 80.1 Å². The molecule has 0 N–H and O–H groups in total. The van der Waals surface area contributed by atoms with Crippen molar-refractivity contribution in [1.29, 1.82) is 0 Å². The van der Waals surface area contributed by atoms with Crippen molar-refractivity contribution in [1.82, 2.24) is 0 Å². The lowest BCUT2D eigenvalue weighted by Gasteiger charge is -2.32. The zero-order valence-electron chi connectivity index (χ0n) is 13.7. The van der Waals surface area contributed by atoms with Crippen molar-refractivity contribution in [3.63, 3.8) is 0 Å². The summed E-state index contributed by atoms with van der Waals surface area (Å²) >= 11 is 0. The van der Waals surface area contributed by atoms with Crippen LogP contribution in [0.3, 0.4) is 0 Å². The Labute approximate surface area is 119 Å². The van der Waals surface area contributed by atoms with Crippen molar-refractivity contribution < 1.29 is 9.53 Å². The number of hydrogen-bond donors (Lipinski definition) is 0. The number of hydrogen-bond acceptors (Lipinski definition) is 2. The van der Waals surface area contributed by atoms with E-state index in [1.807, 2.05) is 20.8 Å². The van der Waals surface area contributed by atoms with Crippen LogP contribution in [-0.2, 0) is 9.53 Å². The molecule has 0 aliphatic heterocycles. The summed E-state index contributed by atoms with van der Waals surface area (Å²) in [4.78, 5) is 11.8. The van der Waals surface area contributed by atoms with E-state index >= 15 is 0 Å². The van der Waals surface area contributed by atoms with Crippen molar-refractivity contribution in [2.45, 2.75) is 85.7 Å². The van der Waals surface area contributed by atoms with Gasteiger partial charge in [-0.15, -0.1) is 0 Å². The Morgan fingerprint density at radius 2 is 1.42 bits per heavy atom. The maximum absolute atomic E-state index is 11.8. The van der Waals surface area contributed by atoms with Crippen molar-refractivity contribution in [3.05, 3.63) is 0 Å². The first-order chi connectivity index (χ1) is 8.55. The third-order valence-electron chi connectivity index (χ3n) is 3.74. The van der Waals surface area contributed by atoms with Gasteiger partial charge in [0.2, 0.25) is 0 Å². The first kappa shape index (κ1) is 16.5. The van der Waals surface area contributed by atoms with Crippen LogP contribution in [0.5, 0.6) is 0 Å². The molecule has 1 saturated carbocycles. The Kier molecular flexibility index (Phi) is 5.46. The highest BCUT2D eigenvalue weighted by Crippen LogP contribution is 2.37. The molecule has 0 bridgehead atoms. The van der Waals surface area contributed by atoms with Crippen molar-refractivity contribution in [2.24, 2.45) is 17.3 Å². The predicted molar refractivity (Wildman–Crippen MR) is 80.0 cm³/mol. The highest BCUT2D eigenvalue weighted by atomic mass is 16.6. The second-order valence-electron chi connectivity index (χ2n) is 8.44. The fourth-order valence-electron chi connectivity index (χ4n) is 3.12. The Morgan fingerprint density at radius 1 is 0.947 bits per heavy atom. The van der Waals surface area contributed by atoms with Gasteiger partial charge in [-0.2, -0.15) is 0 Å². The van der Waals surface area contributed by atoms with E-state index in [9.17, 15) is 4.79 Å². The predicted octanol–water partition coefficient (Wildman–Crippen LogP) is 4.96. The summed E-state index contributed by atoms with van der Waals surface area (Å²) in [6.45, 7) is 12.8. The monoisotopic (exact) mass is 268 g/mol. The Morgan fingerprint density at radius 3 is 1.84 bits per heavy atom. The van der Waals surface area contributed by atoms with Crippen molar-refractivity contribution in [2.75, 3.05) is 0 Å². The Hall–Kier alpha value is -0.530. The van der Waals surface area contributed by atoms with Gasteiger partial charge < -0.3 is 4.74 Å². The number of ether oxygens (including phenoxy) is 1. The molecular formula is C17H32O2. The zero-order valence-corrected chi connectivity index (χ0v) is 13.7. The van der Waals surface area contributed by atoms with E-state index < -0.39 is 0 Å². The quantitative estimate of drug-likeness (QED) is 0.676. The van der Waals surface area contributed by atoms with Gasteiger partial charge in [-0.1, -0.05) is 33.6 Å². The van der Waals surface area contributed by atoms with Gasteiger partial charge in [-0.25, -0.2) is 0 Å². The number of carbonyl (C=O) groups excluding carboxylic acids is 1. The lowest BCUT2D eigenvalue weighted by atomic mass is 9.74. The largest absolute Gasteiger partial charge is 0.460 e. The van der Waals surface area contributed by atoms with Crippen LogP contribution in [-0.4, -0.2) is 11.6 Å². The van der Waals surface area contributed by atoms with Gasteiger partial charge in [0.15, 0.2) is 0 Å². The molecule has 0 aromatic carbocycles.